The number of nitrogens with zero attached hydrogens (tertiary/aromatic N) is 1. The molecule has 0 heterocycles. The highest BCUT2D eigenvalue weighted by Crippen LogP contribution is 2.50. The fraction of sp³-hybridized carbons (Fsp3) is 0.690. The van der Waals surface area contributed by atoms with Gasteiger partial charge in [-0.15, -0.1) is 11.8 Å². The van der Waals surface area contributed by atoms with Crippen LogP contribution in [0, 0.1) is 5.92 Å². The zero-order chi connectivity index (χ0) is 46.8. The van der Waals surface area contributed by atoms with Gasteiger partial charge in [-0.3, -0.25) is 4.90 Å². The van der Waals surface area contributed by atoms with E-state index in [1.54, 1.807) is 0 Å². The summed E-state index contributed by atoms with van der Waals surface area (Å²) in [6.45, 7) is 31.3. The van der Waals surface area contributed by atoms with Crippen molar-refractivity contribution in [2.75, 3.05) is 38.6 Å². The van der Waals surface area contributed by atoms with Gasteiger partial charge >= 0.3 is 0 Å². The normalized spacial score (nSPS) is 13.1. The Morgan fingerprint density at radius 1 is 0.469 bits per heavy atom. The lowest BCUT2D eigenvalue weighted by molar-refractivity contribution is 0.160. The number of rotatable bonds is 36. The highest BCUT2D eigenvalue weighted by Gasteiger charge is 2.46. The first-order chi connectivity index (χ1) is 30.6. The quantitative estimate of drug-likeness (QED) is 0.0329. The molecule has 0 aromatic heterocycles. The van der Waals surface area contributed by atoms with Crippen molar-refractivity contribution in [2.45, 2.75) is 211 Å². The molecular weight excluding hydrogens is 831 g/mol. The van der Waals surface area contributed by atoms with Crippen LogP contribution >= 0.6 is 11.8 Å². The molecule has 0 atom stereocenters. The molecule has 0 unspecified atom stereocenters. The van der Waals surface area contributed by atoms with Gasteiger partial charge in [-0.05, 0) is 77.6 Å². The highest BCUT2D eigenvalue weighted by atomic mass is 32.2. The highest BCUT2D eigenvalue weighted by molar-refractivity contribution is 8.00. The summed E-state index contributed by atoms with van der Waals surface area (Å²) in [5.41, 5.74) is 4.01. The minimum atomic E-state index is -2.06. The van der Waals surface area contributed by atoms with Gasteiger partial charge in [0.1, 0.15) is 0 Å². The Morgan fingerprint density at radius 2 is 0.828 bits per heavy atom. The second-order valence-corrected chi connectivity index (χ2v) is 32.5. The summed E-state index contributed by atoms with van der Waals surface area (Å²) < 4.78 is 13.8. The molecular formula is C58H99NO2SSi2. The van der Waals surface area contributed by atoms with Crippen LogP contribution in [-0.2, 0) is 13.6 Å². The van der Waals surface area contributed by atoms with E-state index in [1.807, 2.05) is 0 Å². The Bertz CT molecular complexity index is 1480. The van der Waals surface area contributed by atoms with Gasteiger partial charge in [0.05, 0.1) is 4.75 Å². The summed E-state index contributed by atoms with van der Waals surface area (Å²) >= 11 is 2.09. The first-order valence-corrected chi connectivity index (χ1v) is 33.2. The molecule has 3 rings (SSSR count). The van der Waals surface area contributed by atoms with Crippen molar-refractivity contribution in [1.82, 2.24) is 4.90 Å². The molecule has 362 valence electrons. The van der Waals surface area contributed by atoms with Gasteiger partial charge in [-0.2, -0.15) is 0 Å². The second kappa shape index (κ2) is 29.9. The van der Waals surface area contributed by atoms with Crippen LogP contribution in [0.1, 0.15) is 187 Å². The maximum atomic E-state index is 7.27. The molecule has 0 aliphatic rings. The summed E-state index contributed by atoms with van der Waals surface area (Å²) in [7, 11) is -3.91. The molecule has 0 bridgehead atoms. The minimum absolute atomic E-state index is 0.203. The average molecular weight is 931 g/mol. The Hall–Kier alpha value is -1.68. The van der Waals surface area contributed by atoms with Crippen molar-refractivity contribution in [1.29, 1.82) is 0 Å². The largest absolute Gasteiger partial charge is 0.416 e. The molecule has 0 N–H and O–H groups in total. The third-order valence-electron chi connectivity index (χ3n) is 15.4. The molecule has 3 nitrogen and oxygen atoms in total. The fourth-order valence-corrected chi connectivity index (χ4v) is 14.1. The third kappa shape index (κ3) is 18.8. The van der Waals surface area contributed by atoms with Crippen LogP contribution in [-0.4, -0.2) is 60.1 Å². The molecule has 0 aliphatic carbocycles. The van der Waals surface area contributed by atoms with Crippen LogP contribution in [0.3, 0.4) is 0 Å². The predicted octanol–water partition coefficient (Wildman–Crippen LogP) is 18.1. The van der Waals surface area contributed by atoms with Crippen LogP contribution in [0.4, 0.5) is 0 Å². The SMILES string of the molecule is CCCCCCCCCCC(CCCCCCCCCC)C(C)(C)[Si](C)(C)OCCN(CCCSC(c1ccccc1)(c1ccccc1)c1ccccc1)CCO[Si](C)(C)C(C)(C)C. The Kier molecular flexibility index (Phi) is 26.5. The second-order valence-electron chi connectivity index (χ2n) is 21.7. The minimum Gasteiger partial charge on any atom is -0.416 e. The van der Waals surface area contributed by atoms with Crippen molar-refractivity contribution in [3.63, 3.8) is 0 Å². The smallest absolute Gasteiger partial charge is 0.192 e. The maximum absolute atomic E-state index is 7.27. The van der Waals surface area contributed by atoms with Gasteiger partial charge < -0.3 is 8.85 Å². The number of unbranched alkanes of at least 4 members (excludes halogenated alkanes) is 14. The lowest BCUT2D eigenvalue weighted by Crippen LogP contribution is -2.48. The van der Waals surface area contributed by atoms with Gasteiger partial charge in [-0.1, -0.05) is 255 Å². The van der Waals surface area contributed by atoms with Crippen molar-refractivity contribution in [3.05, 3.63) is 108 Å². The van der Waals surface area contributed by atoms with Crippen LogP contribution in [0.25, 0.3) is 0 Å². The van der Waals surface area contributed by atoms with Gasteiger partial charge in [0.15, 0.2) is 16.6 Å². The standard InChI is InChI=1S/C58H99NO2SSi2/c1-12-14-16-18-20-22-24-29-38-52(39-30-25-23-21-19-17-15-13-2)57(6,7)64(10,11)61-50-48-59(47-49-60-63(8,9)56(3,4)5)46-37-51-62-58(53-40-31-26-32-41-53,54-42-33-27-34-43-54)55-44-35-28-36-45-55/h26-28,31-36,40-45,52H,12-25,29-30,37-39,46-51H2,1-11H3. The molecule has 3 aromatic rings. The maximum Gasteiger partial charge on any atom is 0.192 e. The van der Waals surface area contributed by atoms with E-state index < -0.39 is 16.6 Å². The van der Waals surface area contributed by atoms with Crippen LogP contribution in [0.15, 0.2) is 91.0 Å². The van der Waals surface area contributed by atoms with E-state index in [2.05, 4.69) is 182 Å². The van der Waals surface area contributed by atoms with E-state index in [1.165, 1.54) is 132 Å². The molecule has 0 aliphatic heterocycles. The van der Waals surface area contributed by atoms with Crippen LogP contribution in [0.2, 0.25) is 36.3 Å². The summed E-state index contributed by atoms with van der Waals surface area (Å²) in [6.07, 6.45) is 26.2. The summed E-state index contributed by atoms with van der Waals surface area (Å²) in [5, 5.41) is 0.423. The number of hydrogen-bond donors (Lipinski definition) is 0. The monoisotopic (exact) mass is 930 g/mol. The van der Waals surface area contributed by atoms with Crippen molar-refractivity contribution in [2.24, 2.45) is 5.92 Å². The Morgan fingerprint density at radius 3 is 1.20 bits per heavy atom. The third-order valence-corrected chi connectivity index (χ3v) is 26.0. The lowest BCUT2D eigenvalue weighted by atomic mass is 9.84. The molecule has 0 saturated carbocycles. The van der Waals surface area contributed by atoms with Gasteiger partial charge in [0.2, 0.25) is 0 Å². The molecule has 3 aromatic carbocycles. The van der Waals surface area contributed by atoms with Gasteiger partial charge in [0.25, 0.3) is 0 Å². The molecule has 64 heavy (non-hydrogen) atoms. The molecule has 0 saturated heterocycles. The molecule has 0 fully saturated rings. The van der Waals surface area contributed by atoms with E-state index in [0.717, 1.165) is 50.9 Å². The van der Waals surface area contributed by atoms with E-state index in [0.29, 0.717) is 0 Å². The lowest BCUT2D eigenvalue weighted by Gasteiger charge is -2.45. The molecule has 6 heteroatoms. The van der Waals surface area contributed by atoms with E-state index in [9.17, 15) is 0 Å². The molecule has 0 radical (unpaired) electrons. The predicted molar refractivity (Wildman–Crippen MR) is 291 cm³/mol. The Labute approximate surface area is 403 Å². The zero-order valence-corrected chi connectivity index (χ0v) is 46.4. The van der Waals surface area contributed by atoms with Crippen molar-refractivity contribution < 1.29 is 8.85 Å². The summed E-state index contributed by atoms with van der Waals surface area (Å²) in [4.78, 5) is 2.67. The van der Waals surface area contributed by atoms with E-state index in [4.69, 9.17) is 8.85 Å². The van der Waals surface area contributed by atoms with Crippen LogP contribution in [0.5, 0.6) is 0 Å². The Balaban J connectivity index is 1.73. The summed E-state index contributed by atoms with van der Waals surface area (Å²) in [5.74, 6) is 1.78. The summed E-state index contributed by atoms with van der Waals surface area (Å²) in [6, 6.07) is 33.5. The van der Waals surface area contributed by atoms with Crippen LogP contribution < -0.4 is 0 Å². The zero-order valence-electron chi connectivity index (χ0n) is 43.6. The van der Waals surface area contributed by atoms with Gasteiger partial charge in [-0.25, -0.2) is 0 Å². The fourth-order valence-electron chi connectivity index (χ4n) is 9.29. The number of thioether (sulfide) groups is 1. The van der Waals surface area contributed by atoms with Crippen molar-refractivity contribution in [3.8, 4) is 0 Å². The van der Waals surface area contributed by atoms with E-state index >= 15 is 0 Å². The molecule has 0 spiro atoms. The molecule has 0 amide bonds. The number of benzene rings is 3. The first-order valence-electron chi connectivity index (χ1n) is 26.4. The van der Waals surface area contributed by atoms with Gasteiger partial charge in [0, 0.05) is 26.3 Å². The average Bonchev–Trinajstić information content (AvgIpc) is 3.27. The topological polar surface area (TPSA) is 21.7 Å². The first kappa shape index (κ1) is 56.6. The van der Waals surface area contributed by atoms with E-state index in [-0.39, 0.29) is 14.8 Å². The number of hydrogen-bond acceptors (Lipinski definition) is 4. The van der Waals surface area contributed by atoms with Crippen molar-refractivity contribution >= 4 is 28.4 Å².